The number of thiophene rings is 1. The van der Waals surface area contributed by atoms with E-state index in [0.29, 0.717) is 24.1 Å². The summed E-state index contributed by atoms with van der Waals surface area (Å²) in [6, 6.07) is 9.70. The number of ketones is 2. The SMILES string of the molecule is O=C(NC(Cc1ccc(F)cc1)C(=O)C1OC2CCNC2C1=O)c1cncc(-c2cccs2)c1. The Morgan fingerprint density at radius 3 is 2.79 bits per heavy atom. The van der Waals surface area contributed by atoms with Gasteiger partial charge < -0.3 is 15.4 Å². The van der Waals surface area contributed by atoms with Gasteiger partial charge in [0.05, 0.1) is 23.8 Å². The summed E-state index contributed by atoms with van der Waals surface area (Å²) in [7, 11) is 0. The summed E-state index contributed by atoms with van der Waals surface area (Å²) in [5.41, 5.74) is 1.73. The molecule has 2 saturated heterocycles. The van der Waals surface area contributed by atoms with Gasteiger partial charge in [0.1, 0.15) is 5.82 Å². The van der Waals surface area contributed by atoms with E-state index in [9.17, 15) is 18.8 Å². The molecule has 0 spiro atoms. The highest BCUT2D eigenvalue weighted by atomic mass is 32.1. The monoisotopic (exact) mass is 479 g/mol. The highest BCUT2D eigenvalue weighted by Crippen LogP contribution is 2.26. The number of benzene rings is 1. The first kappa shape index (κ1) is 22.5. The Balaban J connectivity index is 1.38. The average Bonchev–Trinajstić information content (AvgIpc) is 3.60. The molecule has 5 rings (SSSR count). The maximum atomic E-state index is 13.4. The van der Waals surface area contributed by atoms with Crippen molar-refractivity contribution in [1.82, 2.24) is 15.6 Å². The summed E-state index contributed by atoms with van der Waals surface area (Å²) in [6.07, 6.45) is 2.26. The molecule has 2 aliphatic rings. The van der Waals surface area contributed by atoms with Gasteiger partial charge in [0.15, 0.2) is 17.7 Å². The minimum Gasteiger partial charge on any atom is -0.357 e. The molecule has 0 radical (unpaired) electrons. The number of hydrogen-bond donors (Lipinski definition) is 2. The number of Topliss-reactive ketones (excluding diaryl/α,β-unsaturated/α-hetero) is 2. The molecule has 2 aromatic heterocycles. The highest BCUT2D eigenvalue weighted by molar-refractivity contribution is 7.13. The fourth-order valence-corrected chi connectivity index (χ4v) is 5.08. The van der Waals surface area contributed by atoms with Gasteiger partial charge in [-0.2, -0.15) is 0 Å². The maximum Gasteiger partial charge on any atom is 0.253 e. The summed E-state index contributed by atoms with van der Waals surface area (Å²) >= 11 is 1.53. The van der Waals surface area contributed by atoms with Crippen molar-refractivity contribution in [3.63, 3.8) is 0 Å². The van der Waals surface area contributed by atoms with Gasteiger partial charge in [-0.1, -0.05) is 18.2 Å². The number of nitrogens with zero attached hydrogens (tertiary/aromatic N) is 1. The lowest BCUT2D eigenvalue weighted by molar-refractivity contribution is -0.138. The quantitative estimate of drug-likeness (QED) is 0.506. The Kier molecular flexibility index (Phi) is 6.32. The maximum absolute atomic E-state index is 13.4. The number of pyridine rings is 1. The normalized spacial score (nSPS) is 22.4. The van der Waals surface area contributed by atoms with E-state index < -0.39 is 35.7 Å². The summed E-state index contributed by atoms with van der Waals surface area (Å²) in [4.78, 5) is 44.4. The van der Waals surface area contributed by atoms with E-state index >= 15 is 0 Å². The largest absolute Gasteiger partial charge is 0.357 e. The van der Waals surface area contributed by atoms with Crippen LogP contribution in [0.3, 0.4) is 0 Å². The molecule has 4 unspecified atom stereocenters. The van der Waals surface area contributed by atoms with Crippen molar-refractivity contribution in [2.45, 2.75) is 37.1 Å². The van der Waals surface area contributed by atoms with Gasteiger partial charge in [0, 0.05) is 22.8 Å². The second-order valence-corrected chi connectivity index (χ2v) is 9.32. The molecule has 7 nitrogen and oxygen atoms in total. The Labute approximate surface area is 199 Å². The van der Waals surface area contributed by atoms with Crippen LogP contribution in [0.5, 0.6) is 0 Å². The first-order valence-electron chi connectivity index (χ1n) is 11.0. The summed E-state index contributed by atoms with van der Waals surface area (Å²) in [5, 5.41) is 7.76. The molecule has 0 bridgehead atoms. The fourth-order valence-electron chi connectivity index (χ4n) is 4.37. The van der Waals surface area contributed by atoms with Crippen LogP contribution in [0, 0.1) is 5.82 Å². The van der Waals surface area contributed by atoms with E-state index in [1.165, 1.54) is 29.7 Å². The zero-order valence-electron chi connectivity index (χ0n) is 18.1. The molecule has 1 aromatic carbocycles. The molecule has 2 aliphatic heterocycles. The summed E-state index contributed by atoms with van der Waals surface area (Å²) < 4.78 is 19.2. The standard InChI is InChI=1S/C25H22FN3O4S/c26-17-5-3-14(4-6-17)10-18(22(30)24-23(31)21-19(33-24)7-8-28-21)29-25(32)16-11-15(12-27-13-16)20-2-1-9-34-20/h1-6,9,11-13,18-19,21,24,28H,7-8,10H2,(H,29,32). The van der Waals surface area contributed by atoms with Crippen LogP contribution in [0.1, 0.15) is 22.3 Å². The fraction of sp³-hybridized carbons (Fsp3) is 0.280. The molecule has 2 N–H and O–H groups in total. The number of halogens is 1. The van der Waals surface area contributed by atoms with Crippen LogP contribution in [-0.4, -0.2) is 53.3 Å². The third-order valence-electron chi connectivity index (χ3n) is 6.11. The van der Waals surface area contributed by atoms with E-state index in [4.69, 9.17) is 4.74 Å². The highest BCUT2D eigenvalue weighted by Gasteiger charge is 2.50. The third kappa shape index (κ3) is 4.54. The summed E-state index contributed by atoms with van der Waals surface area (Å²) in [6.45, 7) is 0.658. The van der Waals surface area contributed by atoms with Crippen LogP contribution in [0.4, 0.5) is 4.39 Å². The Morgan fingerprint density at radius 1 is 1.24 bits per heavy atom. The van der Waals surface area contributed by atoms with Crippen molar-refractivity contribution < 1.29 is 23.5 Å². The smallest absolute Gasteiger partial charge is 0.253 e. The van der Waals surface area contributed by atoms with Crippen LogP contribution in [0.15, 0.2) is 60.2 Å². The van der Waals surface area contributed by atoms with Crippen LogP contribution < -0.4 is 10.6 Å². The summed E-state index contributed by atoms with van der Waals surface area (Å²) in [5.74, 6) is -1.72. The number of carbonyl (C=O) groups excluding carboxylic acids is 3. The van der Waals surface area contributed by atoms with Crippen molar-refractivity contribution in [2.75, 3.05) is 6.54 Å². The Hall–Kier alpha value is -3.27. The average molecular weight is 480 g/mol. The van der Waals surface area contributed by atoms with Gasteiger partial charge in [-0.15, -0.1) is 11.3 Å². The first-order chi connectivity index (χ1) is 16.5. The van der Waals surface area contributed by atoms with Gasteiger partial charge in [0.2, 0.25) is 0 Å². The number of ether oxygens (including phenoxy) is 1. The third-order valence-corrected chi connectivity index (χ3v) is 7.03. The van der Waals surface area contributed by atoms with E-state index in [2.05, 4.69) is 15.6 Å². The number of carbonyl (C=O) groups is 3. The topological polar surface area (TPSA) is 97.4 Å². The molecule has 9 heteroatoms. The zero-order chi connectivity index (χ0) is 23.7. The number of aromatic nitrogens is 1. The Morgan fingerprint density at radius 2 is 2.06 bits per heavy atom. The van der Waals surface area contributed by atoms with Gasteiger partial charge in [-0.25, -0.2) is 4.39 Å². The first-order valence-corrected chi connectivity index (χ1v) is 11.9. The van der Waals surface area contributed by atoms with Crippen molar-refractivity contribution in [3.05, 3.63) is 77.2 Å². The predicted octanol–water partition coefficient (Wildman–Crippen LogP) is 2.56. The van der Waals surface area contributed by atoms with Crippen LogP contribution in [-0.2, 0) is 20.7 Å². The molecule has 3 aromatic rings. The van der Waals surface area contributed by atoms with Crippen LogP contribution in [0.25, 0.3) is 10.4 Å². The van der Waals surface area contributed by atoms with Crippen LogP contribution >= 0.6 is 11.3 Å². The molecule has 1 amide bonds. The molecule has 0 aliphatic carbocycles. The van der Waals surface area contributed by atoms with Crippen molar-refractivity contribution in [1.29, 1.82) is 0 Å². The van der Waals surface area contributed by atoms with Crippen molar-refractivity contribution in [2.24, 2.45) is 0 Å². The molecule has 0 saturated carbocycles. The molecule has 4 heterocycles. The van der Waals surface area contributed by atoms with Gasteiger partial charge in [0.25, 0.3) is 5.91 Å². The molecule has 34 heavy (non-hydrogen) atoms. The molecular weight excluding hydrogens is 457 g/mol. The van der Waals surface area contributed by atoms with Gasteiger partial charge in [-0.05, 0) is 54.6 Å². The number of amides is 1. The molecular formula is C25H22FN3O4S. The van der Waals surface area contributed by atoms with Gasteiger partial charge in [-0.3, -0.25) is 19.4 Å². The Bertz CT molecular complexity index is 1220. The van der Waals surface area contributed by atoms with Crippen molar-refractivity contribution >= 4 is 28.8 Å². The predicted molar refractivity (Wildman–Crippen MR) is 124 cm³/mol. The van der Waals surface area contributed by atoms with E-state index in [-0.39, 0.29) is 18.3 Å². The lowest BCUT2D eigenvalue weighted by atomic mass is 9.95. The minimum absolute atomic E-state index is 0.0960. The number of hydrogen-bond acceptors (Lipinski definition) is 7. The minimum atomic E-state index is -1.25. The van der Waals surface area contributed by atoms with E-state index in [1.54, 1.807) is 24.4 Å². The lowest BCUT2D eigenvalue weighted by Crippen LogP contribution is -2.49. The molecule has 2 fully saturated rings. The number of rotatable bonds is 7. The van der Waals surface area contributed by atoms with Crippen LogP contribution in [0.2, 0.25) is 0 Å². The molecule has 174 valence electrons. The lowest BCUT2D eigenvalue weighted by Gasteiger charge is -2.21. The molecule has 4 atom stereocenters. The van der Waals surface area contributed by atoms with E-state index in [1.807, 2.05) is 17.5 Å². The van der Waals surface area contributed by atoms with E-state index in [0.717, 1.165) is 10.4 Å². The van der Waals surface area contributed by atoms with Gasteiger partial charge >= 0.3 is 0 Å². The number of nitrogens with one attached hydrogen (secondary N) is 2. The van der Waals surface area contributed by atoms with Crippen molar-refractivity contribution in [3.8, 4) is 10.4 Å². The number of fused-ring (bicyclic) bond motifs is 1. The zero-order valence-corrected chi connectivity index (χ0v) is 18.9. The second kappa shape index (κ2) is 9.54. The second-order valence-electron chi connectivity index (χ2n) is 8.38.